The van der Waals surface area contributed by atoms with E-state index in [4.69, 9.17) is 5.11 Å². The Morgan fingerprint density at radius 3 is 2.59 bits per heavy atom. The van der Waals surface area contributed by atoms with Gasteiger partial charge in [-0.05, 0) is 29.5 Å². The molecule has 0 spiro atoms. The minimum Gasteiger partial charge on any atom is -0.481 e. The Bertz CT molecular complexity index is 695. The number of carboxylic acid groups (broad SMARTS) is 1. The zero-order chi connectivity index (χ0) is 16.3. The molecule has 118 valence electrons. The molecule has 1 aromatic carbocycles. The van der Waals surface area contributed by atoms with Crippen LogP contribution in [-0.4, -0.2) is 28.5 Å². The maximum atomic E-state index is 12.1. The molecule has 0 aliphatic rings. The van der Waals surface area contributed by atoms with Gasteiger partial charge in [0.2, 0.25) is 0 Å². The Morgan fingerprint density at radius 2 is 1.95 bits per heavy atom. The largest absolute Gasteiger partial charge is 0.481 e. The van der Waals surface area contributed by atoms with Crippen molar-refractivity contribution in [3.05, 3.63) is 35.5 Å². The van der Waals surface area contributed by atoms with Crippen molar-refractivity contribution in [1.82, 2.24) is 10.3 Å². The third-order valence-electron chi connectivity index (χ3n) is 3.59. The second kappa shape index (κ2) is 6.22. The van der Waals surface area contributed by atoms with Gasteiger partial charge in [-0.25, -0.2) is 0 Å². The van der Waals surface area contributed by atoms with E-state index >= 15 is 0 Å². The predicted octanol–water partition coefficient (Wildman–Crippen LogP) is 3.06. The van der Waals surface area contributed by atoms with Gasteiger partial charge >= 0.3 is 5.97 Å². The molecule has 0 aliphatic carbocycles. The summed E-state index contributed by atoms with van der Waals surface area (Å²) in [6, 6.07) is 7.96. The number of rotatable bonds is 5. The van der Waals surface area contributed by atoms with E-state index < -0.39 is 5.97 Å². The van der Waals surface area contributed by atoms with Crippen molar-refractivity contribution in [2.24, 2.45) is 0 Å². The molecule has 5 nitrogen and oxygen atoms in total. The summed E-state index contributed by atoms with van der Waals surface area (Å²) in [5, 5.41) is 12.3. The first-order valence-corrected chi connectivity index (χ1v) is 7.40. The highest BCUT2D eigenvalue weighted by Gasteiger charge is 2.15. The number of carboxylic acids is 1. The van der Waals surface area contributed by atoms with Crippen LogP contribution in [0.1, 0.15) is 49.7 Å². The second-order valence-electron chi connectivity index (χ2n) is 6.49. The lowest BCUT2D eigenvalue weighted by Gasteiger charge is -2.18. The van der Waals surface area contributed by atoms with Gasteiger partial charge in [-0.2, -0.15) is 0 Å². The highest BCUT2D eigenvalue weighted by Crippen LogP contribution is 2.26. The van der Waals surface area contributed by atoms with Crippen molar-refractivity contribution in [1.29, 1.82) is 0 Å². The van der Waals surface area contributed by atoms with Gasteiger partial charge in [0.25, 0.3) is 5.91 Å². The van der Waals surface area contributed by atoms with E-state index in [1.54, 1.807) is 0 Å². The molecule has 3 N–H and O–H groups in total. The molecule has 0 unspecified atom stereocenters. The molecule has 0 fully saturated rings. The van der Waals surface area contributed by atoms with Crippen LogP contribution in [0, 0.1) is 0 Å². The zero-order valence-corrected chi connectivity index (χ0v) is 13.2. The number of carbonyl (C=O) groups is 2. The van der Waals surface area contributed by atoms with E-state index in [0.717, 1.165) is 10.9 Å². The van der Waals surface area contributed by atoms with E-state index in [1.165, 1.54) is 5.56 Å². The number of nitrogens with one attached hydrogen (secondary N) is 2. The minimum absolute atomic E-state index is 0.0541. The highest BCUT2D eigenvalue weighted by molar-refractivity contribution is 5.98. The molecule has 1 aromatic heterocycles. The van der Waals surface area contributed by atoms with Gasteiger partial charge in [-0.15, -0.1) is 0 Å². The Balaban J connectivity index is 2.09. The number of benzene rings is 1. The van der Waals surface area contributed by atoms with Gasteiger partial charge in [0, 0.05) is 23.9 Å². The number of aromatic amines is 1. The van der Waals surface area contributed by atoms with E-state index in [2.05, 4.69) is 43.2 Å². The van der Waals surface area contributed by atoms with Crippen LogP contribution in [0.4, 0.5) is 0 Å². The third kappa shape index (κ3) is 3.87. The average Bonchev–Trinajstić information content (AvgIpc) is 2.85. The lowest BCUT2D eigenvalue weighted by molar-refractivity contribution is -0.137. The SMILES string of the molecule is CC(C)(C)c1ccc2cc(C(=O)NCCCC(=O)O)[nH]c2c1. The number of fused-ring (bicyclic) bond motifs is 1. The molecule has 0 radical (unpaired) electrons. The fraction of sp³-hybridized carbons (Fsp3) is 0.412. The molecule has 1 amide bonds. The summed E-state index contributed by atoms with van der Waals surface area (Å²) in [7, 11) is 0. The quantitative estimate of drug-likeness (QED) is 0.742. The van der Waals surface area contributed by atoms with Gasteiger partial charge in [0.05, 0.1) is 0 Å². The van der Waals surface area contributed by atoms with Crippen LogP contribution in [0.3, 0.4) is 0 Å². The molecule has 0 atom stereocenters. The Hall–Kier alpha value is -2.30. The molecular formula is C17H22N2O3. The summed E-state index contributed by atoms with van der Waals surface area (Å²) in [4.78, 5) is 25.6. The maximum Gasteiger partial charge on any atom is 0.303 e. The van der Waals surface area contributed by atoms with Crippen molar-refractivity contribution in [3.63, 3.8) is 0 Å². The first-order valence-electron chi connectivity index (χ1n) is 7.40. The first-order chi connectivity index (χ1) is 10.3. The van der Waals surface area contributed by atoms with Gasteiger partial charge in [0.1, 0.15) is 5.69 Å². The van der Waals surface area contributed by atoms with Crippen molar-refractivity contribution in [2.45, 2.75) is 39.0 Å². The van der Waals surface area contributed by atoms with E-state index in [0.29, 0.717) is 18.7 Å². The first kappa shape index (κ1) is 16.1. The minimum atomic E-state index is -0.852. The zero-order valence-electron chi connectivity index (χ0n) is 13.2. The molecule has 0 saturated carbocycles. The summed E-state index contributed by atoms with van der Waals surface area (Å²) in [5.41, 5.74) is 2.69. The van der Waals surface area contributed by atoms with Crippen LogP contribution in [0.5, 0.6) is 0 Å². The van der Waals surface area contributed by atoms with E-state index in [9.17, 15) is 9.59 Å². The van der Waals surface area contributed by atoms with Crippen LogP contribution < -0.4 is 5.32 Å². The summed E-state index contributed by atoms with van der Waals surface area (Å²) >= 11 is 0. The maximum absolute atomic E-state index is 12.1. The fourth-order valence-corrected chi connectivity index (χ4v) is 2.25. The normalized spacial score (nSPS) is 11.6. The van der Waals surface area contributed by atoms with Crippen LogP contribution in [0.25, 0.3) is 10.9 Å². The van der Waals surface area contributed by atoms with Crippen molar-refractivity contribution in [3.8, 4) is 0 Å². The van der Waals surface area contributed by atoms with Gasteiger partial charge < -0.3 is 15.4 Å². The summed E-state index contributed by atoms with van der Waals surface area (Å²) < 4.78 is 0. The fourth-order valence-electron chi connectivity index (χ4n) is 2.25. The number of H-pyrrole nitrogens is 1. The molecular weight excluding hydrogens is 280 g/mol. The molecule has 22 heavy (non-hydrogen) atoms. The number of hydrogen-bond acceptors (Lipinski definition) is 2. The van der Waals surface area contributed by atoms with E-state index in [1.807, 2.05) is 12.1 Å². The van der Waals surface area contributed by atoms with Gasteiger partial charge in [-0.1, -0.05) is 32.9 Å². The highest BCUT2D eigenvalue weighted by atomic mass is 16.4. The summed E-state index contributed by atoms with van der Waals surface area (Å²) in [6.45, 7) is 6.79. The van der Waals surface area contributed by atoms with Gasteiger partial charge in [-0.3, -0.25) is 9.59 Å². The van der Waals surface area contributed by atoms with Crippen LogP contribution in [0.2, 0.25) is 0 Å². The topological polar surface area (TPSA) is 82.2 Å². The monoisotopic (exact) mass is 302 g/mol. The smallest absolute Gasteiger partial charge is 0.303 e. The van der Waals surface area contributed by atoms with Crippen molar-refractivity contribution in [2.75, 3.05) is 6.54 Å². The molecule has 2 aromatic rings. The number of aromatic nitrogens is 1. The lowest BCUT2D eigenvalue weighted by Crippen LogP contribution is -2.25. The Labute approximate surface area is 129 Å². The Kier molecular flexibility index (Phi) is 4.54. The molecule has 2 rings (SSSR count). The summed E-state index contributed by atoms with van der Waals surface area (Å²) in [5.74, 6) is -1.06. The molecule has 0 bridgehead atoms. The van der Waals surface area contributed by atoms with Crippen molar-refractivity contribution < 1.29 is 14.7 Å². The third-order valence-corrected chi connectivity index (χ3v) is 3.59. The average molecular weight is 302 g/mol. The summed E-state index contributed by atoms with van der Waals surface area (Å²) in [6.07, 6.45) is 0.484. The standard InChI is InChI=1S/C17H22N2O3/c1-17(2,3)12-7-6-11-9-14(19-13(11)10-12)16(22)18-8-4-5-15(20)21/h6-7,9-10,19H,4-5,8H2,1-3H3,(H,18,22)(H,20,21). The van der Waals surface area contributed by atoms with Gasteiger partial charge in [0.15, 0.2) is 0 Å². The predicted molar refractivity (Wildman–Crippen MR) is 86.2 cm³/mol. The van der Waals surface area contributed by atoms with Crippen LogP contribution in [-0.2, 0) is 10.2 Å². The van der Waals surface area contributed by atoms with Crippen LogP contribution >= 0.6 is 0 Å². The molecule has 1 heterocycles. The number of amides is 1. The molecule has 0 saturated heterocycles. The second-order valence-corrected chi connectivity index (χ2v) is 6.49. The Morgan fingerprint density at radius 1 is 1.23 bits per heavy atom. The number of aliphatic carboxylic acids is 1. The van der Waals surface area contributed by atoms with E-state index in [-0.39, 0.29) is 17.7 Å². The lowest BCUT2D eigenvalue weighted by atomic mass is 9.87. The van der Waals surface area contributed by atoms with Crippen molar-refractivity contribution >= 4 is 22.8 Å². The number of carbonyl (C=O) groups excluding carboxylic acids is 1. The molecule has 0 aliphatic heterocycles. The molecule has 5 heteroatoms. The number of hydrogen-bond donors (Lipinski definition) is 3. The van der Waals surface area contributed by atoms with Crippen LogP contribution in [0.15, 0.2) is 24.3 Å².